The number of para-hydroxylation sites is 2. The molecule has 0 aliphatic carbocycles. The van der Waals surface area contributed by atoms with Crippen LogP contribution in [-0.4, -0.2) is 29.8 Å². The largest absolute Gasteiger partial charge is 0.495 e. The van der Waals surface area contributed by atoms with E-state index >= 15 is 0 Å². The Morgan fingerprint density at radius 2 is 2.00 bits per heavy atom. The highest BCUT2D eigenvalue weighted by atomic mass is 16.5. The summed E-state index contributed by atoms with van der Waals surface area (Å²) in [4.78, 5) is 16.5. The van der Waals surface area contributed by atoms with Gasteiger partial charge < -0.3 is 19.3 Å². The lowest BCUT2D eigenvalue weighted by Crippen LogP contribution is -2.20. The number of amides is 1. The van der Waals surface area contributed by atoms with Crippen LogP contribution < -0.4 is 14.8 Å². The van der Waals surface area contributed by atoms with E-state index in [0.717, 1.165) is 5.56 Å². The molecule has 7 nitrogen and oxygen atoms in total. The zero-order valence-corrected chi connectivity index (χ0v) is 15.4. The van der Waals surface area contributed by atoms with Gasteiger partial charge in [0, 0.05) is 11.5 Å². The van der Waals surface area contributed by atoms with Crippen molar-refractivity contribution >= 4 is 11.6 Å². The number of rotatable bonds is 7. The van der Waals surface area contributed by atoms with Crippen LogP contribution in [0.2, 0.25) is 0 Å². The molecule has 7 heteroatoms. The molecular formula is C20H21N3O4. The zero-order valence-electron chi connectivity index (χ0n) is 15.4. The minimum Gasteiger partial charge on any atom is -0.495 e. The third-order valence-electron chi connectivity index (χ3n) is 3.79. The Labute approximate surface area is 157 Å². The first kappa shape index (κ1) is 18.4. The van der Waals surface area contributed by atoms with Crippen molar-refractivity contribution in [2.45, 2.75) is 19.8 Å². The quantitative estimate of drug-likeness (QED) is 0.682. The lowest BCUT2D eigenvalue weighted by atomic mass is 10.2. The number of ether oxygens (including phenoxy) is 2. The lowest BCUT2D eigenvalue weighted by molar-refractivity contribution is -0.118. The van der Waals surface area contributed by atoms with Crippen molar-refractivity contribution in [2.24, 2.45) is 0 Å². The van der Waals surface area contributed by atoms with E-state index in [1.807, 2.05) is 38.1 Å². The topological polar surface area (TPSA) is 86.5 Å². The fourth-order valence-corrected chi connectivity index (χ4v) is 2.39. The van der Waals surface area contributed by atoms with Gasteiger partial charge in [0.15, 0.2) is 12.4 Å². The Kier molecular flexibility index (Phi) is 5.71. The molecule has 0 aliphatic rings. The predicted molar refractivity (Wildman–Crippen MR) is 101 cm³/mol. The number of benzene rings is 2. The van der Waals surface area contributed by atoms with Gasteiger partial charge in [0.25, 0.3) is 11.8 Å². The van der Waals surface area contributed by atoms with Gasteiger partial charge in [0.05, 0.1) is 12.8 Å². The molecule has 1 heterocycles. The zero-order chi connectivity index (χ0) is 19.2. The fourth-order valence-electron chi connectivity index (χ4n) is 2.39. The molecule has 0 saturated heterocycles. The van der Waals surface area contributed by atoms with Crippen molar-refractivity contribution in [1.82, 2.24) is 10.1 Å². The summed E-state index contributed by atoms with van der Waals surface area (Å²) in [6.45, 7) is 3.85. The highest BCUT2D eigenvalue weighted by Gasteiger charge is 2.13. The van der Waals surface area contributed by atoms with Crippen molar-refractivity contribution in [3.63, 3.8) is 0 Å². The molecule has 0 fully saturated rings. The average molecular weight is 367 g/mol. The Hall–Kier alpha value is -3.35. The van der Waals surface area contributed by atoms with Gasteiger partial charge in [-0.1, -0.05) is 37.2 Å². The summed E-state index contributed by atoms with van der Waals surface area (Å²) in [5, 5.41) is 6.72. The molecule has 3 aromatic rings. The molecule has 0 radical (unpaired) electrons. The van der Waals surface area contributed by atoms with Crippen LogP contribution in [-0.2, 0) is 4.79 Å². The van der Waals surface area contributed by atoms with Gasteiger partial charge in [-0.05, 0) is 30.3 Å². The SMILES string of the molecule is COc1ccccc1NC(=O)COc1cccc(-c2nc(C(C)C)no2)c1. The Balaban J connectivity index is 1.63. The van der Waals surface area contributed by atoms with Gasteiger partial charge in [-0.25, -0.2) is 0 Å². The number of aromatic nitrogens is 2. The molecule has 0 bridgehead atoms. The number of hydrogen-bond donors (Lipinski definition) is 1. The maximum Gasteiger partial charge on any atom is 0.262 e. The second-order valence-electron chi connectivity index (χ2n) is 6.18. The Morgan fingerprint density at radius 1 is 1.19 bits per heavy atom. The summed E-state index contributed by atoms with van der Waals surface area (Å²) < 4.78 is 16.1. The van der Waals surface area contributed by atoms with Crippen molar-refractivity contribution < 1.29 is 18.8 Å². The Bertz CT molecular complexity index is 921. The first-order chi connectivity index (χ1) is 13.1. The van der Waals surface area contributed by atoms with Crippen LogP contribution in [0.25, 0.3) is 11.5 Å². The van der Waals surface area contributed by atoms with Crippen LogP contribution in [0, 0.1) is 0 Å². The maximum absolute atomic E-state index is 12.2. The van der Waals surface area contributed by atoms with Gasteiger partial charge in [0.2, 0.25) is 0 Å². The molecule has 1 N–H and O–H groups in total. The summed E-state index contributed by atoms with van der Waals surface area (Å²) in [5.74, 6) is 2.08. The van der Waals surface area contributed by atoms with Crippen molar-refractivity contribution in [3.05, 3.63) is 54.4 Å². The molecule has 0 spiro atoms. The number of carbonyl (C=O) groups is 1. The summed E-state index contributed by atoms with van der Waals surface area (Å²) in [6, 6.07) is 14.4. The van der Waals surface area contributed by atoms with Gasteiger partial charge >= 0.3 is 0 Å². The van der Waals surface area contributed by atoms with Crippen LogP contribution in [0.15, 0.2) is 53.1 Å². The normalized spacial score (nSPS) is 10.7. The van der Waals surface area contributed by atoms with E-state index in [1.165, 1.54) is 0 Å². The predicted octanol–water partition coefficient (Wildman–Crippen LogP) is 3.89. The number of anilines is 1. The average Bonchev–Trinajstić information content (AvgIpc) is 3.18. The molecule has 3 rings (SSSR count). The fraction of sp³-hybridized carbons (Fsp3) is 0.250. The van der Waals surface area contributed by atoms with E-state index in [9.17, 15) is 4.79 Å². The second kappa shape index (κ2) is 8.35. The number of carbonyl (C=O) groups excluding carboxylic acids is 1. The van der Waals surface area contributed by atoms with Gasteiger partial charge in [0.1, 0.15) is 11.5 Å². The van der Waals surface area contributed by atoms with E-state index in [1.54, 1.807) is 31.4 Å². The molecule has 27 heavy (non-hydrogen) atoms. The van der Waals surface area contributed by atoms with E-state index in [2.05, 4.69) is 15.5 Å². The van der Waals surface area contributed by atoms with Gasteiger partial charge in [-0.15, -0.1) is 0 Å². The first-order valence-electron chi connectivity index (χ1n) is 8.56. The molecule has 0 saturated carbocycles. The monoisotopic (exact) mass is 367 g/mol. The smallest absolute Gasteiger partial charge is 0.262 e. The second-order valence-corrected chi connectivity index (χ2v) is 6.18. The van der Waals surface area contributed by atoms with E-state index in [0.29, 0.717) is 28.9 Å². The van der Waals surface area contributed by atoms with Crippen LogP contribution >= 0.6 is 0 Å². The minimum atomic E-state index is -0.287. The van der Waals surface area contributed by atoms with Crippen molar-refractivity contribution in [2.75, 3.05) is 19.0 Å². The molecule has 0 aliphatic heterocycles. The first-order valence-corrected chi connectivity index (χ1v) is 8.56. The third kappa shape index (κ3) is 4.63. The maximum atomic E-state index is 12.2. The lowest BCUT2D eigenvalue weighted by Gasteiger charge is -2.10. The standard InChI is InChI=1S/C20H21N3O4/c1-13(2)19-22-20(27-23-19)14-7-6-8-15(11-14)26-12-18(24)21-16-9-4-5-10-17(16)25-3/h4-11,13H,12H2,1-3H3,(H,21,24). The molecule has 1 amide bonds. The van der Waals surface area contributed by atoms with Crippen LogP contribution in [0.3, 0.4) is 0 Å². The third-order valence-corrected chi connectivity index (χ3v) is 3.79. The molecule has 2 aromatic carbocycles. The summed E-state index contributed by atoms with van der Waals surface area (Å²) in [7, 11) is 1.55. The highest BCUT2D eigenvalue weighted by molar-refractivity contribution is 5.93. The van der Waals surface area contributed by atoms with E-state index in [4.69, 9.17) is 14.0 Å². The van der Waals surface area contributed by atoms with E-state index < -0.39 is 0 Å². The summed E-state index contributed by atoms with van der Waals surface area (Å²) in [5.41, 5.74) is 1.33. The molecule has 1 aromatic heterocycles. The van der Waals surface area contributed by atoms with Crippen LogP contribution in [0.1, 0.15) is 25.6 Å². The number of methoxy groups -OCH3 is 1. The summed E-state index contributed by atoms with van der Waals surface area (Å²) >= 11 is 0. The molecule has 0 unspecified atom stereocenters. The number of nitrogens with zero attached hydrogens (tertiary/aromatic N) is 2. The Morgan fingerprint density at radius 3 is 2.74 bits per heavy atom. The highest BCUT2D eigenvalue weighted by Crippen LogP contribution is 2.25. The van der Waals surface area contributed by atoms with Gasteiger partial charge in [-0.3, -0.25) is 4.79 Å². The molecule has 140 valence electrons. The van der Waals surface area contributed by atoms with Crippen molar-refractivity contribution in [1.29, 1.82) is 0 Å². The minimum absolute atomic E-state index is 0.136. The molecule has 0 atom stereocenters. The van der Waals surface area contributed by atoms with Crippen LogP contribution in [0.5, 0.6) is 11.5 Å². The molecular weight excluding hydrogens is 346 g/mol. The number of nitrogens with one attached hydrogen (secondary N) is 1. The van der Waals surface area contributed by atoms with E-state index in [-0.39, 0.29) is 18.4 Å². The van der Waals surface area contributed by atoms with Crippen LogP contribution in [0.4, 0.5) is 5.69 Å². The van der Waals surface area contributed by atoms with Gasteiger partial charge in [-0.2, -0.15) is 4.98 Å². The number of hydrogen-bond acceptors (Lipinski definition) is 6. The van der Waals surface area contributed by atoms with Crippen molar-refractivity contribution in [3.8, 4) is 23.0 Å². The summed E-state index contributed by atoms with van der Waals surface area (Å²) in [6.07, 6.45) is 0.